The predicted octanol–water partition coefficient (Wildman–Crippen LogP) is 0.715. The highest BCUT2D eigenvalue weighted by molar-refractivity contribution is 7.80. The smallest absolute Gasteiger partial charge is 0.307 e. The van der Waals surface area contributed by atoms with E-state index in [1.165, 1.54) is 7.11 Å². The van der Waals surface area contributed by atoms with E-state index in [1.807, 2.05) is 18.0 Å². The molecule has 0 atom stereocenters. The van der Waals surface area contributed by atoms with Crippen LogP contribution in [0.5, 0.6) is 0 Å². The fraction of sp³-hybridized carbons (Fsp3) is 0.364. The van der Waals surface area contributed by atoms with Gasteiger partial charge in [-0.1, -0.05) is 12.2 Å². The Labute approximate surface area is 106 Å². The molecule has 0 amide bonds. The maximum atomic E-state index is 11.0. The Morgan fingerprint density at radius 3 is 2.76 bits per heavy atom. The average molecular weight is 253 g/mol. The van der Waals surface area contributed by atoms with Crippen molar-refractivity contribution in [2.24, 2.45) is 5.73 Å². The first-order valence-corrected chi connectivity index (χ1v) is 5.49. The third-order valence-electron chi connectivity index (χ3n) is 2.32. The summed E-state index contributed by atoms with van der Waals surface area (Å²) in [6.07, 6.45) is 2.01. The van der Waals surface area contributed by atoms with Crippen LogP contribution in [0.2, 0.25) is 0 Å². The Balaban J connectivity index is 2.60. The normalized spacial score (nSPS) is 9.76. The summed E-state index contributed by atoms with van der Waals surface area (Å²) in [5, 5.41) is 0. The van der Waals surface area contributed by atoms with Gasteiger partial charge in [0.25, 0.3) is 0 Å². The number of nitrogens with zero attached hydrogens (tertiary/aromatic N) is 2. The van der Waals surface area contributed by atoms with Gasteiger partial charge in [-0.25, -0.2) is 0 Å². The second-order valence-electron chi connectivity index (χ2n) is 3.51. The number of esters is 1. The fourth-order valence-corrected chi connectivity index (χ4v) is 1.37. The van der Waals surface area contributed by atoms with E-state index in [1.54, 1.807) is 12.3 Å². The molecule has 0 unspecified atom stereocenters. The molecule has 0 fully saturated rings. The highest BCUT2D eigenvalue weighted by Gasteiger charge is 2.06. The third kappa shape index (κ3) is 3.99. The number of carbonyl (C=O) groups is 1. The maximum absolute atomic E-state index is 11.0. The molecule has 1 rings (SSSR count). The lowest BCUT2D eigenvalue weighted by molar-refractivity contribution is -0.140. The first-order valence-electron chi connectivity index (χ1n) is 5.08. The van der Waals surface area contributed by atoms with Gasteiger partial charge in [0.15, 0.2) is 0 Å². The zero-order valence-electron chi connectivity index (χ0n) is 9.84. The molecule has 2 N–H and O–H groups in total. The van der Waals surface area contributed by atoms with E-state index in [4.69, 9.17) is 18.0 Å². The van der Waals surface area contributed by atoms with Crippen molar-refractivity contribution in [1.82, 2.24) is 4.98 Å². The fourth-order valence-electron chi connectivity index (χ4n) is 1.25. The molecule has 0 saturated carbocycles. The van der Waals surface area contributed by atoms with Crippen LogP contribution in [0.1, 0.15) is 12.1 Å². The van der Waals surface area contributed by atoms with Gasteiger partial charge in [-0.05, 0) is 12.1 Å². The Bertz CT molecular complexity index is 406. The average Bonchev–Trinajstić information content (AvgIpc) is 2.35. The summed E-state index contributed by atoms with van der Waals surface area (Å²) in [6.45, 7) is 0.570. The first-order chi connectivity index (χ1) is 8.04. The highest BCUT2D eigenvalue weighted by atomic mass is 32.1. The minimum atomic E-state index is -0.232. The first kappa shape index (κ1) is 13.4. The summed E-state index contributed by atoms with van der Waals surface area (Å²) in [7, 11) is 3.25. The van der Waals surface area contributed by atoms with Gasteiger partial charge in [0.2, 0.25) is 0 Å². The van der Waals surface area contributed by atoms with Crippen molar-refractivity contribution in [3.8, 4) is 0 Å². The largest absolute Gasteiger partial charge is 0.469 e. The van der Waals surface area contributed by atoms with Gasteiger partial charge in [-0.15, -0.1) is 0 Å². The monoisotopic (exact) mass is 253 g/mol. The van der Waals surface area contributed by atoms with E-state index in [2.05, 4.69) is 9.72 Å². The number of rotatable bonds is 5. The highest BCUT2D eigenvalue weighted by Crippen LogP contribution is 2.11. The van der Waals surface area contributed by atoms with E-state index in [0.717, 1.165) is 5.69 Å². The van der Waals surface area contributed by atoms with E-state index in [0.29, 0.717) is 18.7 Å². The van der Waals surface area contributed by atoms with Crippen LogP contribution in [0.3, 0.4) is 0 Å². The third-order valence-corrected chi connectivity index (χ3v) is 2.53. The molecule has 17 heavy (non-hydrogen) atoms. The Morgan fingerprint density at radius 2 is 2.29 bits per heavy atom. The molecule has 0 bridgehead atoms. The molecular formula is C11H15N3O2S. The van der Waals surface area contributed by atoms with Crippen LogP contribution in [-0.4, -0.2) is 36.6 Å². The summed E-state index contributed by atoms with van der Waals surface area (Å²) in [5.41, 5.74) is 6.94. The van der Waals surface area contributed by atoms with E-state index < -0.39 is 0 Å². The summed E-state index contributed by atoms with van der Waals surface area (Å²) in [4.78, 5) is 17.3. The van der Waals surface area contributed by atoms with Gasteiger partial charge in [0.05, 0.1) is 31.1 Å². The van der Waals surface area contributed by atoms with Crippen LogP contribution in [-0.2, 0) is 9.53 Å². The molecule has 0 radical (unpaired) electrons. The molecule has 0 aliphatic rings. The molecule has 0 aliphatic carbocycles. The summed E-state index contributed by atoms with van der Waals surface area (Å²) < 4.78 is 4.57. The van der Waals surface area contributed by atoms with E-state index >= 15 is 0 Å². The van der Waals surface area contributed by atoms with Crippen LogP contribution in [0.15, 0.2) is 18.3 Å². The molecule has 1 aromatic heterocycles. The van der Waals surface area contributed by atoms with Gasteiger partial charge in [-0.2, -0.15) is 0 Å². The zero-order chi connectivity index (χ0) is 12.8. The minimum Gasteiger partial charge on any atom is -0.469 e. The number of hydrogen-bond acceptors (Lipinski definition) is 5. The number of nitrogens with two attached hydrogens (primary N) is 1. The second-order valence-corrected chi connectivity index (χ2v) is 3.95. The quantitative estimate of drug-likeness (QED) is 0.616. The number of methoxy groups -OCH3 is 1. The number of hydrogen-bond donors (Lipinski definition) is 1. The molecular weight excluding hydrogens is 238 g/mol. The lowest BCUT2D eigenvalue weighted by Gasteiger charge is -2.18. The number of ether oxygens (including phenoxy) is 1. The lowest BCUT2D eigenvalue weighted by atomic mass is 10.3. The molecule has 0 spiro atoms. The van der Waals surface area contributed by atoms with Gasteiger partial charge in [-0.3, -0.25) is 9.78 Å². The predicted molar refractivity (Wildman–Crippen MR) is 70.0 cm³/mol. The van der Waals surface area contributed by atoms with Crippen molar-refractivity contribution >= 4 is 28.9 Å². The zero-order valence-corrected chi connectivity index (χ0v) is 10.7. The second kappa shape index (κ2) is 6.15. The number of aromatic nitrogens is 1. The number of carbonyl (C=O) groups excluding carboxylic acids is 1. The number of thiocarbonyl (C=S) groups is 1. The molecule has 0 saturated heterocycles. The van der Waals surface area contributed by atoms with Crippen molar-refractivity contribution in [2.75, 3.05) is 25.6 Å². The van der Waals surface area contributed by atoms with Crippen molar-refractivity contribution in [3.05, 3.63) is 24.0 Å². The van der Waals surface area contributed by atoms with Gasteiger partial charge >= 0.3 is 5.97 Å². The molecule has 0 aromatic carbocycles. The van der Waals surface area contributed by atoms with Crippen molar-refractivity contribution in [2.45, 2.75) is 6.42 Å². The van der Waals surface area contributed by atoms with Crippen molar-refractivity contribution < 1.29 is 9.53 Å². The van der Waals surface area contributed by atoms with Gasteiger partial charge in [0, 0.05) is 13.6 Å². The molecule has 6 heteroatoms. The topological polar surface area (TPSA) is 68.5 Å². The lowest BCUT2D eigenvalue weighted by Crippen LogP contribution is -2.22. The summed E-state index contributed by atoms with van der Waals surface area (Å²) in [6, 6.07) is 3.62. The van der Waals surface area contributed by atoms with Crippen molar-refractivity contribution in [1.29, 1.82) is 0 Å². The molecule has 5 nitrogen and oxygen atoms in total. The maximum Gasteiger partial charge on any atom is 0.307 e. The summed E-state index contributed by atoms with van der Waals surface area (Å²) >= 11 is 4.81. The molecule has 1 aromatic rings. The van der Waals surface area contributed by atoms with E-state index in [-0.39, 0.29) is 11.0 Å². The minimum absolute atomic E-state index is 0.232. The van der Waals surface area contributed by atoms with E-state index in [9.17, 15) is 4.79 Å². The van der Waals surface area contributed by atoms with Gasteiger partial charge in [0.1, 0.15) is 4.99 Å². The van der Waals surface area contributed by atoms with Crippen LogP contribution in [0.4, 0.5) is 5.69 Å². The van der Waals surface area contributed by atoms with Crippen LogP contribution in [0.25, 0.3) is 0 Å². The number of pyridine rings is 1. The van der Waals surface area contributed by atoms with Crippen LogP contribution < -0.4 is 10.6 Å². The number of anilines is 1. The van der Waals surface area contributed by atoms with Crippen LogP contribution >= 0.6 is 12.2 Å². The summed E-state index contributed by atoms with van der Waals surface area (Å²) in [5.74, 6) is -0.232. The Hall–Kier alpha value is -1.69. The molecule has 92 valence electrons. The standard InChI is InChI=1S/C11H15N3O2S/c1-14(6-5-10(15)16-2)8-3-4-9(11(12)17)13-7-8/h3-4,7H,5-6H2,1-2H3,(H2,12,17). The Kier molecular flexibility index (Phi) is 4.84. The SMILES string of the molecule is COC(=O)CCN(C)c1ccc(C(N)=S)nc1. The molecule has 0 aliphatic heterocycles. The van der Waals surface area contributed by atoms with Crippen LogP contribution in [0, 0.1) is 0 Å². The Morgan fingerprint density at radius 1 is 1.59 bits per heavy atom. The van der Waals surface area contributed by atoms with Crippen molar-refractivity contribution in [3.63, 3.8) is 0 Å². The molecule has 1 heterocycles. The van der Waals surface area contributed by atoms with Gasteiger partial charge < -0.3 is 15.4 Å².